The smallest absolute Gasteiger partial charge is 0.162 e. The molecule has 1 aliphatic rings. The molecular formula is C5H9N4+. The van der Waals surface area contributed by atoms with Crippen LogP contribution in [0.1, 0.15) is 18.7 Å². The Balaban J connectivity index is 2.39. The fraction of sp³-hybridized carbons (Fsp3) is 0.800. The summed E-state index contributed by atoms with van der Waals surface area (Å²) in [4.78, 5) is 0. The molecule has 1 aromatic rings. The van der Waals surface area contributed by atoms with Crippen molar-refractivity contribution in [2.24, 2.45) is 0 Å². The van der Waals surface area contributed by atoms with Crippen LogP contribution >= 0.6 is 0 Å². The first-order valence-corrected chi connectivity index (χ1v) is 3.26. The number of fused-ring (bicyclic) bond motifs is 1. The number of aromatic nitrogens is 4. The summed E-state index contributed by atoms with van der Waals surface area (Å²) < 4.78 is 2.00. The van der Waals surface area contributed by atoms with Crippen molar-refractivity contribution < 1.29 is 4.68 Å². The van der Waals surface area contributed by atoms with Crippen molar-refractivity contribution in [1.29, 1.82) is 0 Å². The van der Waals surface area contributed by atoms with E-state index in [1.807, 2.05) is 4.68 Å². The van der Waals surface area contributed by atoms with Crippen molar-refractivity contribution >= 4 is 0 Å². The normalized spacial score (nSPS) is 17.3. The number of rotatable bonds is 0. The molecule has 0 amide bonds. The minimum Gasteiger partial charge on any atom is -0.162 e. The fourth-order valence-corrected chi connectivity index (χ4v) is 1.16. The number of hydrogen-bond donors (Lipinski definition) is 1. The summed E-state index contributed by atoms with van der Waals surface area (Å²) in [7, 11) is 0. The first-order valence-electron chi connectivity index (χ1n) is 3.26. The van der Waals surface area contributed by atoms with Crippen LogP contribution in [-0.2, 0) is 13.0 Å². The van der Waals surface area contributed by atoms with Gasteiger partial charge in [-0.1, -0.05) is 5.21 Å². The Kier molecular flexibility index (Phi) is 0.974. The summed E-state index contributed by atoms with van der Waals surface area (Å²) in [5.41, 5.74) is 0. The van der Waals surface area contributed by atoms with Gasteiger partial charge in [0.25, 0.3) is 0 Å². The number of nitrogens with zero attached hydrogens (tertiary/aromatic N) is 3. The highest BCUT2D eigenvalue weighted by atomic mass is 15.5. The van der Waals surface area contributed by atoms with Crippen LogP contribution in [0.25, 0.3) is 0 Å². The van der Waals surface area contributed by atoms with Gasteiger partial charge in [-0.3, -0.25) is 0 Å². The van der Waals surface area contributed by atoms with E-state index >= 15 is 0 Å². The van der Waals surface area contributed by atoms with Gasteiger partial charge in [-0.05, 0) is 12.8 Å². The predicted molar refractivity (Wildman–Crippen MR) is 29.5 cm³/mol. The molecule has 1 N–H and O–H groups in total. The molecule has 0 saturated carbocycles. The number of tetrazole rings is 1. The Labute approximate surface area is 52.9 Å². The van der Waals surface area contributed by atoms with Crippen molar-refractivity contribution in [3.8, 4) is 0 Å². The van der Waals surface area contributed by atoms with Gasteiger partial charge >= 0.3 is 5.82 Å². The maximum atomic E-state index is 3.91. The molecular weight excluding hydrogens is 116 g/mol. The molecule has 2 heterocycles. The van der Waals surface area contributed by atoms with Gasteiger partial charge in [0.05, 0.1) is 6.54 Å². The molecule has 48 valence electrons. The lowest BCUT2D eigenvalue weighted by Gasteiger charge is -2.02. The number of aromatic amines is 1. The van der Waals surface area contributed by atoms with Gasteiger partial charge in [-0.2, -0.15) is 4.68 Å². The molecule has 0 radical (unpaired) electrons. The van der Waals surface area contributed by atoms with Crippen LogP contribution in [0.15, 0.2) is 0 Å². The molecule has 0 saturated heterocycles. The zero-order valence-electron chi connectivity index (χ0n) is 5.17. The van der Waals surface area contributed by atoms with Crippen LogP contribution in [-0.4, -0.2) is 15.5 Å². The molecule has 0 spiro atoms. The van der Waals surface area contributed by atoms with Gasteiger partial charge in [0, 0.05) is 6.42 Å². The molecule has 0 atom stereocenters. The molecule has 0 aliphatic carbocycles. The Morgan fingerprint density at radius 2 is 2.44 bits per heavy atom. The summed E-state index contributed by atoms with van der Waals surface area (Å²) >= 11 is 0. The van der Waals surface area contributed by atoms with Gasteiger partial charge in [0.15, 0.2) is 5.21 Å². The molecule has 4 nitrogen and oxygen atoms in total. The molecule has 0 unspecified atom stereocenters. The maximum Gasteiger partial charge on any atom is 0.300 e. The van der Waals surface area contributed by atoms with Crippen molar-refractivity contribution in [1.82, 2.24) is 15.5 Å². The molecule has 1 aromatic heterocycles. The molecule has 0 fully saturated rings. The van der Waals surface area contributed by atoms with Crippen LogP contribution in [0, 0.1) is 0 Å². The van der Waals surface area contributed by atoms with E-state index in [1.54, 1.807) is 0 Å². The Morgan fingerprint density at radius 1 is 1.44 bits per heavy atom. The number of H-pyrrole nitrogens is 1. The van der Waals surface area contributed by atoms with E-state index in [0.29, 0.717) is 0 Å². The summed E-state index contributed by atoms with van der Waals surface area (Å²) in [5.74, 6) is 1.10. The summed E-state index contributed by atoms with van der Waals surface area (Å²) in [6.45, 7) is 1.06. The monoisotopic (exact) mass is 125 g/mol. The number of nitrogens with one attached hydrogen (secondary N) is 1. The first-order chi connectivity index (χ1) is 4.47. The minimum atomic E-state index is 1.06. The third kappa shape index (κ3) is 0.704. The van der Waals surface area contributed by atoms with Crippen LogP contribution in [0.4, 0.5) is 0 Å². The summed E-state index contributed by atoms with van der Waals surface area (Å²) in [5, 5.41) is 10.4. The van der Waals surface area contributed by atoms with E-state index < -0.39 is 0 Å². The standard InChI is InChI=1S/C5H8N4/c1-2-4-9-5(3-1)6-7-8-9/h1-4H2/p+1. The van der Waals surface area contributed by atoms with Crippen molar-refractivity contribution in [2.75, 3.05) is 0 Å². The molecule has 0 bridgehead atoms. The zero-order chi connectivity index (χ0) is 6.10. The van der Waals surface area contributed by atoms with Crippen molar-refractivity contribution in [3.05, 3.63) is 5.82 Å². The average Bonchev–Trinajstić information content (AvgIpc) is 2.33. The SMILES string of the molecule is C1CC[n+]2[nH]nnc2C1. The lowest BCUT2D eigenvalue weighted by atomic mass is 10.2. The molecule has 0 aromatic carbocycles. The zero-order valence-corrected chi connectivity index (χ0v) is 5.17. The minimum absolute atomic E-state index is 1.06. The maximum absolute atomic E-state index is 3.91. The van der Waals surface area contributed by atoms with E-state index in [2.05, 4.69) is 15.5 Å². The van der Waals surface area contributed by atoms with Crippen LogP contribution < -0.4 is 4.68 Å². The summed E-state index contributed by atoms with van der Waals surface area (Å²) in [6.07, 6.45) is 3.59. The Morgan fingerprint density at radius 3 is 3.33 bits per heavy atom. The van der Waals surface area contributed by atoms with Gasteiger partial charge in [-0.25, -0.2) is 0 Å². The highest BCUT2D eigenvalue weighted by Gasteiger charge is 2.17. The lowest BCUT2D eigenvalue weighted by Crippen LogP contribution is -2.42. The molecule has 4 heteroatoms. The highest BCUT2D eigenvalue weighted by molar-refractivity contribution is 4.69. The van der Waals surface area contributed by atoms with E-state index in [-0.39, 0.29) is 0 Å². The first kappa shape index (κ1) is 4.90. The van der Waals surface area contributed by atoms with E-state index in [1.165, 1.54) is 12.8 Å². The van der Waals surface area contributed by atoms with Crippen molar-refractivity contribution in [2.45, 2.75) is 25.8 Å². The van der Waals surface area contributed by atoms with E-state index in [9.17, 15) is 0 Å². The largest absolute Gasteiger partial charge is 0.300 e. The summed E-state index contributed by atoms with van der Waals surface area (Å²) in [6, 6.07) is 0. The van der Waals surface area contributed by atoms with Gasteiger partial charge in [0.1, 0.15) is 5.10 Å². The Hall–Kier alpha value is -0.930. The topological polar surface area (TPSA) is 45.5 Å². The van der Waals surface area contributed by atoms with Gasteiger partial charge in [-0.15, -0.1) is 0 Å². The third-order valence-corrected chi connectivity index (χ3v) is 1.67. The van der Waals surface area contributed by atoms with Gasteiger partial charge in [0.2, 0.25) is 0 Å². The second-order valence-corrected chi connectivity index (χ2v) is 2.32. The van der Waals surface area contributed by atoms with E-state index in [0.717, 1.165) is 18.8 Å². The molecule has 9 heavy (non-hydrogen) atoms. The van der Waals surface area contributed by atoms with E-state index in [4.69, 9.17) is 0 Å². The highest BCUT2D eigenvalue weighted by Crippen LogP contribution is 2.00. The van der Waals surface area contributed by atoms with Crippen LogP contribution in [0.3, 0.4) is 0 Å². The van der Waals surface area contributed by atoms with Crippen molar-refractivity contribution in [3.63, 3.8) is 0 Å². The number of hydrogen-bond acceptors (Lipinski definition) is 2. The van der Waals surface area contributed by atoms with Crippen LogP contribution in [0.2, 0.25) is 0 Å². The molecule has 1 aliphatic heterocycles. The van der Waals surface area contributed by atoms with Crippen LogP contribution in [0.5, 0.6) is 0 Å². The second kappa shape index (κ2) is 1.79. The quantitative estimate of drug-likeness (QED) is 0.472. The predicted octanol–water partition coefficient (Wildman–Crippen LogP) is -0.572. The third-order valence-electron chi connectivity index (χ3n) is 1.67. The molecule has 2 rings (SSSR count). The van der Waals surface area contributed by atoms with Gasteiger partial charge < -0.3 is 0 Å². The second-order valence-electron chi connectivity index (χ2n) is 2.32. The Bertz CT molecular complexity index is 184. The average molecular weight is 125 g/mol. The number of aryl methyl sites for hydroxylation is 2. The fourth-order valence-electron chi connectivity index (χ4n) is 1.16. The lowest BCUT2D eigenvalue weighted by molar-refractivity contribution is -0.765.